The van der Waals surface area contributed by atoms with Gasteiger partial charge in [-0.3, -0.25) is 9.59 Å². The second-order valence-corrected chi connectivity index (χ2v) is 5.59. The Kier molecular flexibility index (Phi) is 5.00. The van der Waals surface area contributed by atoms with Crippen molar-refractivity contribution in [3.63, 3.8) is 0 Å². The lowest BCUT2D eigenvalue weighted by Crippen LogP contribution is -2.40. The maximum Gasteiger partial charge on any atom is 0.251 e. The minimum absolute atomic E-state index is 0.0189. The number of rotatable bonds is 5. The molecule has 1 aliphatic heterocycles. The van der Waals surface area contributed by atoms with E-state index in [1.807, 2.05) is 18.2 Å². The number of carbonyl (C=O) groups excluding carboxylic acids is 2. The van der Waals surface area contributed by atoms with Gasteiger partial charge in [-0.25, -0.2) is 9.97 Å². The molecule has 0 aliphatic carbocycles. The SMILES string of the molecule is O=C(NC1CCN(C(=O)CNc2ncccn2)C1)c1ccccc1. The fourth-order valence-electron chi connectivity index (χ4n) is 2.62. The Hall–Kier alpha value is -2.96. The van der Waals surface area contributed by atoms with E-state index in [4.69, 9.17) is 0 Å². The predicted octanol–water partition coefficient (Wildman–Crippen LogP) is 0.919. The van der Waals surface area contributed by atoms with Crippen LogP contribution in [-0.2, 0) is 4.79 Å². The molecule has 2 heterocycles. The first-order chi connectivity index (χ1) is 11.7. The van der Waals surface area contributed by atoms with Gasteiger partial charge in [0.2, 0.25) is 11.9 Å². The Bertz CT molecular complexity index is 693. The van der Waals surface area contributed by atoms with Crippen molar-refractivity contribution >= 4 is 17.8 Å². The van der Waals surface area contributed by atoms with E-state index in [0.717, 1.165) is 6.42 Å². The van der Waals surface area contributed by atoms with Gasteiger partial charge >= 0.3 is 0 Å². The summed E-state index contributed by atoms with van der Waals surface area (Å²) in [6, 6.07) is 10.8. The number of hydrogen-bond donors (Lipinski definition) is 2. The van der Waals surface area contributed by atoms with Crippen LogP contribution in [0.3, 0.4) is 0 Å². The van der Waals surface area contributed by atoms with Crippen molar-refractivity contribution in [1.29, 1.82) is 0 Å². The average Bonchev–Trinajstić information content (AvgIpc) is 3.10. The number of likely N-dealkylation sites (tertiary alicyclic amines) is 1. The fourth-order valence-corrected chi connectivity index (χ4v) is 2.62. The number of nitrogens with zero attached hydrogens (tertiary/aromatic N) is 3. The second-order valence-electron chi connectivity index (χ2n) is 5.59. The summed E-state index contributed by atoms with van der Waals surface area (Å²) >= 11 is 0. The van der Waals surface area contributed by atoms with Gasteiger partial charge in [-0.15, -0.1) is 0 Å². The van der Waals surface area contributed by atoms with Gasteiger partial charge in [0.05, 0.1) is 6.54 Å². The molecule has 1 saturated heterocycles. The lowest BCUT2D eigenvalue weighted by Gasteiger charge is -2.17. The van der Waals surface area contributed by atoms with Crippen LogP contribution < -0.4 is 10.6 Å². The molecule has 1 aromatic carbocycles. The maximum absolute atomic E-state index is 12.2. The van der Waals surface area contributed by atoms with Crippen molar-refractivity contribution in [3.05, 3.63) is 54.4 Å². The third kappa shape index (κ3) is 4.07. The number of benzene rings is 1. The number of nitrogens with one attached hydrogen (secondary N) is 2. The van der Waals surface area contributed by atoms with Gasteiger partial charge in [-0.2, -0.15) is 0 Å². The zero-order valence-electron chi connectivity index (χ0n) is 13.2. The van der Waals surface area contributed by atoms with E-state index < -0.39 is 0 Å². The number of anilines is 1. The second kappa shape index (κ2) is 7.54. The Morgan fingerprint density at radius 2 is 1.88 bits per heavy atom. The smallest absolute Gasteiger partial charge is 0.251 e. The summed E-state index contributed by atoms with van der Waals surface area (Å²) in [5.41, 5.74) is 0.630. The summed E-state index contributed by atoms with van der Waals surface area (Å²) in [4.78, 5) is 34.1. The van der Waals surface area contributed by atoms with E-state index in [1.54, 1.807) is 35.5 Å². The van der Waals surface area contributed by atoms with Gasteiger partial charge in [0.1, 0.15) is 0 Å². The molecule has 124 valence electrons. The van der Waals surface area contributed by atoms with Crippen LogP contribution >= 0.6 is 0 Å². The van der Waals surface area contributed by atoms with Gasteiger partial charge in [0, 0.05) is 37.1 Å². The number of aromatic nitrogens is 2. The first-order valence-electron chi connectivity index (χ1n) is 7.87. The molecule has 0 bridgehead atoms. The van der Waals surface area contributed by atoms with Gasteiger partial charge in [0.25, 0.3) is 5.91 Å². The normalized spacial score (nSPS) is 16.7. The Morgan fingerprint density at radius 1 is 1.12 bits per heavy atom. The van der Waals surface area contributed by atoms with Crippen molar-refractivity contribution in [2.75, 3.05) is 25.0 Å². The van der Waals surface area contributed by atoms with Crippen LogP contribution in [0, 0.1) is 0 Å². The summed E-state index contributed by atoms with van der Waals surface area (Å²) in [6.45, 7) is 1.30. The van der Waals surface area contributed by atoms with E-state index in [2.05, 4.69) is 20.6 Å². The Labute approximate surface area is 140 Å². The molecule has 1 aliphatic rings. The summed E-state index contributed by atoms with van der Waals surface area (Å²) in [7, 11) is 0. The quantitative estimate of drug-likeness (QED) is 0.853. The van der Waals surface area contributed by atoms with Crippen LogP contribution in [0.2, 0.25) is 0 Å². The highest BCUT2D eigenvalue weighted by Gasteiger charge is 2.27. The minimum Gasteiger partial charge on any atom is -0.347 e. The van der Waals surface area contributed by atoms with Gasteiger partial charge in [-0.1, -0.05) is 18.2 Å². The van der Waals surface area contributed by atoms with Crippen molar-refractivity contribution < 1.29 is 9.59 Å². The standard InChI is InChI=1S/C17H19N5O2/c23-15(11-20-17-18-8-4-9-19-17)22-10-7-14(12-22)21-16(24)13-5-2-1-3-6-13/h1-6,8-9,14H,7,10-12H2,(H,21,24)(H,18,19,20). The van der Waals surface area contributed by atoms with Crippen molar-refractivity contribution in [2.45, 2.75) is 12.5 Å². The molecule has 1 atom stereocenters. The minimum atomic E-state index is -0.106. The molecule has 1 fully saturated rings. The summed E-state index contributed by atoms with van der Waals surface area (Å²) in [5.74, 6) is 0.295. The predicted molar refractivity (Wildman–Crippen MR) is 89.4 cm³/mol. The summed E-state index contributed by atoms with van der Waals surface area (Å²) in [5, 5.41) is 5.88. The van der Waals surface area contributed by atoms with Crippen LogP contribution in [0.25, 0.3) is 0 Å². The lowest BCUT2D eigenvalue weighted by atomic mass is 10.2. The fraction of sp³-hybridized carbons (Fsp3) is 0.294. The van der Waals surface area contributed by atoms with E-state index in [9.17, 15) is 9.59 Å². The summed E-state index contributed by atoms with van der Waals surface area (Å²) in [6.07, 6.45) is 3.99. The van der Waals surface area contributed by atoms with Crippen molar-refractivity contribution in [2.24, 2.45) is 0 Å². The Balaban J connectivity index is 1.46. The van der Waals surface area contributed by atoms with Gasteiger partial charge < -0.3 is 15.5 Å². The van der Waals surface area contributed by atoms with Crippen molar-refractivity contribution in [3.8, 4) is 0 Å². The maximum atomic E-state index is 12.2. The zero-order valence-corrected chi connectivity index (χ0v) is 13.2. The molecule has 0 saturated carbocycles. The van der Waals surface area contributed by atoms with Gasteiger partial charge in [0.15, 0.2) is 0 Å². The van der Waals surface area contributed by atoms with Crippen LogP contribution in [0.4, 0.5) is 5.95 Å². The third-order valence-electron chi connectivity index (χ3n) is 3.88. The molecular formula is C17H19N5O2. The average molecular weight is 325 g/mol. The highest BCUT2D eigenvalue weighted by atomic mass is 16.2. The lowest BCUT2D eigenvalue weighted by molar-refractivity contribution is -0.128. The molecule has 2 amide bonds. The molecule has 2 aromatic rings. The van der Waals surface area contributed by atoms with E-state index >= 15 is 0 Å². The molecule has 1 aromatic heterocycles. The molecular weight excluding hydrogens is 306 g/mol. The molecule has 0 spiro atoms. The molecule has 7 heteroatoms. The molecule has 7 nitrogen and oxygen atoms in total. The van der Waals surface area contributed by atoms with E-state index in [-0.39, 0.29) is 24.4 Å². The number of carbonyl (C=O) groups is 2. The molecule has 24 heavy (non-hydrogen) atoms. The number of hydrogen-bond acceptors (Lipinski definition) is 5. The van der Waals surface area contributed by atoms with Gasteiger partial charge in [-0.05, 0) is 24.6 Å². The van der Waals surface area contributed by atoms with Crippen molar-refractivity contribution in [1.82, 2.24) is 20.2 Å². The summed E-state index contributed by atoms with van der Waals surface area (Å²) < 4.78 is 0. The van der Waals surface area contributed by atoms with Crippen LogP contribution in [0.1, 0.15) is 16.8 Å². The van der Waals surface area contributed by atoms with Crippen LogP contribution in [0.5, 0.6) is 0 Å². The third-order valence-corrected chi connectivity index (χ3v) is 3.88. The van der Waals surface area contributed by atoms with Crippen LogP contribution in [0.15, 0.2) is 48.8 Å². The first kappa shape index (κ1) is 15.9. The molecule has 0 radical (unpaired) electrons. The largest absolute Gasteiger partial charge is 0.347 e. The first-order valence-corrected chi connectivity index (χ1v) is 7.87. The highest BCUT2D eigenvalue weighted by molar-refractivity contribution is 5.94. The molecule has 3 rings (SSSR count). The zero-order chi connectivity index (χ0) is 16.8. The van der Waals surface area contributed by atoms with E-state index in [0.29, 0.717) is 24.6 Å². The highest BCUT2D eigenvalue weighted by Crippen LogP contribution is 2.11. The molecule has 1 unspecified atom stereocenters. The topological polar surface area (TPSA) is 87.2 Å². The van der Waals surface area contributed by atoms with Crippen LogP contribution in [-0.4, -0.2) is 52.4 Å². The Morgan fingerprint density at radius 3 is 2.62 bits per heavy atom. The van der Waals surface area contributed by atoms with E-state index in [1.165, 1.54) is 0 Å². The molecule has 2 N–H and O–H groups in total. The number of amides is 2. The monoisotopic (exact) mass is 325 g/mol.